The van der Waals surface area contributed by atoms with E-state index in [9.17, 15) is 46.2 Å². The lowest BCUT2D eigenvalue weighted by molar-refractivity contribution is -0.385. The van der Waals surface area contributed by atoms with Crippen LogP contribution in [0.2, 0.25) is 0 Å². The number of nitro groups is 2. The largest absolute Gasteiger partial charge is 0.457 e. The van der Waals surface area contributed by atoms with Gasteiger partial charge >= 0.3 is 6.18 Å². The van der Waals surface area contributed by atoms with E-state index in [0.717, 1.165) is 42.5 Å². The van der Waals surface area contributed by atoms with Crippen LogP contribution >= 0.6 is 0 Å². The number of anilines is 1. The van der Waals surface area contributed by atoms with Crippen molar-refractivity contribution in [1.82, 2.24) is 0 Å². The van der Waals surface area contributed by atoms with Gasteiger partial charge in [-0.2, -0.15) is 13.2 Å². The van der Waals surface area contributed by atoms with Crippen molar-refractivity contribution >= 4 is 27.1 Å². The number of ether oxygens (including phenoxy) is 1. The van der Waals surface area contributed by atoms with Gasteiger partial charge in [0.1, 0.15) is 22.9 Å². The van der Waals surface area contributed by atoms with E-state index >= 15 is 0 Å². The quantitative estimate of drug-likeness (QED) is 0.265. The molecular weight excluding hydrogens is 490 g/mol. The number of alkyl halides is 3. The summed E-state index contributed by atoms with van der Waals surface area (Å²) in [5.74, 6) is -2.07. The van der Waals surface area contributed by atoms with Crippen LogP contribution in [-0.2, 0) is 16.2 Å². The fraction of sp³-hybridized carbons (Fsp3) is 0.0526. The van der Waals surface area contributed by atoms with E-state index in [0.29, 0.717) is 18.2 Å². The molecule has 1 N–H and O–H groups in total. The molecule has 0 atom stereocenters. The molecule has 15 heteroatoms. The van der Waals surface area contributed by atoms with E-state index in [4.69, 9.17) is 4.74 Å². The van der Waals surface area contributed by atoms with E-state index in [1.807, 2.05) is 4.72 Å². The number of non-ortho nitro benzene ring substituents is 2. The van der Waals surface area contributed by atoms with Crippen molar-refractivity contribution in [2.45, 2.75) is 11.1 Å². The van der Waals surface area contributed by atoms with Gasteiger partial charge in [-0.25, -0.2) is 12.8 Å². The molecule has 3 rings (SSSR count). The second kappa shape index (κ2) is 8.93. The van der Waals surface area contributed by atoms with Gasteiger partial charge in [-0.3, -0.25) is 25.0 Å². The first-order valence-electron chi connectivity index (χ1n) is 8.88. The molecular formula is C19H11F4N3O7S. The maximum atomic E-state index is 13.9. The third-order valence-electron chi connectivity index (χ3n) is 4.25. The number of benzene rings is 3. The minimum atomic E-state index is -4.98. The standard InChI is InChI=1S/C19H11F4N3O7S/c20-16-7-1-12(26(29)30)10-17(16)24-34(31,32)14-5-3-13(4-6-14)33-18-8-2-11(25(27)28)9-15(18)19(21,22)23/h1-10,24H. The van der Waals surface area contributed by atoms with E-state index in [-0.39, 0.29) is 5.75 Å². The SMILES string of the molecule is O=[N+]([O-])c1ccc(F)c(NS(=O)(=O)c2ccc(Oc3ccc([N+](=O)[O-])cc3C(F)(F)F)cc2)c1. The highest BCUT2D eigenvalue weighted by Gasteiger charge is 2.36. The molecule has 0 saturated carbocycles. The third-order valence-corrected chi connectivity index (χ3v) is 5.63. The van der Waals surface area contributed by atoms with Crippen molar-refractivity contribution in [3.63, 3.8) is 0 Å². The second-order valence-electron chi connectivity index (χ2n) is 6.54. The average Bonchev–Trinajstić information content (AvgIpc) is 2.74. The zero-order valence-corrected chi connectivity index (χ0v) is 17.3. The molecule has 34 heavy (non-hydrogen) atoms. The van der Waals surface area contributed by atoms with Gasteiger partial charge in [-0.15, -0.1) is 0 Å². The first-order chi connectivity index (χ1) is 15.8. The van der Waals surface area contributed by atoms with Gasteiger partial charge in [-0.1, -0.05) is 0 Å². The Morgan fingerprint density at radius 2 is 1.41 bits per heavy atom. The summed E-state index contributed by atoms with van der Waals surface area (Å²) in [6.07, 6.45) is -4.98. The van der Waals surface area contributed by atoms with E-state index < -0.39 is 65.1 Å². The number of nitro benzene ring substituents is 2. The molecule has 3 aromatic rings. The molecule has 0 aliphatic rings. The van der Waals surface area contributed by atoms with Crippen LogP contribution < -0.4 is 9.46 Å². The molecule has 0 aromatic heterocycles. The Morgan fingerprint density at radius 1 is 0.853 bits per heavy atom. The lowest BCUT2D eigenvalue weighted by Crippen LogP contribution is -2.14. The molecule has 178 valence electrons. The number of nitrogens with one attached hydrogen (secondary N) is 1. The molecule has 0 aliphatic heterocycles. The fourth-order valence-electron chi connectivity index (χ4n) is 2.66. The molecule has 0 saturated heterocycles. The summed E-state index contributed by atoms with van der Waals surface area (Å²) < 4.78 is 85.7. The Hall–Kier alpha value is -4.27. The third kappa shape index (κ3) is 5.37. The molecule has 0 bridgehead atoms. The van der Waals surface area contributed by atoms with Gasteiger partial charge in [0.2, 0.25) is 0 Å². The average molecular weight is 501 g/mol. The Labute approximate surface area is 187 Å². The smallest absolute Gasteiger partial charge is 0.420 e. The van der Waals surface area contributed by atoms with Crippen LogP contribution in [0, 0.1) is 26.0 Å². The Morgan fingerprint density at radius 3 is 1.97 bits per heavy atom. The van der Waals surface area contributed by atoms with Gasteiger partial charge < -0.3 is 4.74 Å². The molecule has 3 aromatic carbocycles. The molecule has 0 radical (unpaired) electrons. The molecule has 10 nitrogen and oxygen atoms in total. The van der Waals surface area contributed by atoms with Crippen LogP contribution in [0.3, 0.4) is 0 Å². The summed E-state index contributed by atoms with van der Waals surface area (Å²) in [4.78, 5) is 19.3. The van der Waals surface area contributed by atoms with Crippen LogP contribution in [0.5, 0.6) is 11.5 Å². The topological polar surface area (TPSA) is 142 Å². The highest BCUT2D eigenvalue weighted by molar-refractivity contribution is 7.92. The minimum Gasteiger partial charge on any atom is -0.457 e. The van der Waals surface area contributed by atoms with Gasteiger partial charge in [0.05, 0.1) is 20.4 Å². The summed E-state index contributed by atoms with van der Waals surface area (Å²) >= 11 is 0. The zero-order valence-electron chi connectivity index (χ0n) is 16.4. The highest BCUT2D eigenvalue weighted by atomic mass is 32.2. The maximum absolute atomic E-state index is 13.9. The summed E-state index contributed by atoms with van der Waals surface area (Å²) in [6, 6.07) is 7.95. The number of rotatable bonds is 7. The molecule has 0 spiro atoms. The van der Waals surface area contributed by atoms with Crippen molar-refractivity contribution in [1.29, 1.82) is 0 Å². The number of hydrogen-bond acceptors (Lipinski definition) is 7. The lowest BCUT2D eigenvalue weighted by Gasteiger charge is -2.14. The van der Waals surface area contributed by atoms with Crippen LogP contribution in [-0.4, -0.2) is 18.3 Å². The van der Waals surface area contributed by atoms with Gasteiger partial charge in [0.15, 0.2) is 0 Å². The predicted octanol–water partition coefficient (Wildman–Crippen LogP) is 5.25. The second-order valence-corrected chi connectivity index (χ2v) is 8.22. The van der Waals surface area contributed by atoms with Crippen LogP contribution in [0.15, 0.2) is 65.6 Å². The zero-order chi connectivity index (χ0) is 25.3. The van der Waals surface area contributed by atoms with E-state index in [2.05, 4.69) is 0 Å². The van der Waals surface area contributed by atoms with Crippen molar-refractivity contribution < 1.29 is 40.6 Å². The number of nitrogens with zero attached hydrogens (tertiary/aromatic N) is 2. The van der Waals surface area contributed by atoms with Gasteiger partial charge in [-0.05, 0) is 36.4 Å². The Kier molecular flexibility index (Phi) is 6.40. The van der Waals surface area contributed by atoms with Crippen molar-refractivity contribution in [3.8, 4) is 11.5 Å². The van der Waals surface area contributed by atoms with Crippen molar-refractivity contribution in [3.05, 3.63) is 92.3 Å². The normalized spacial score (nSPS) is 11.6. The molecule has 0 aliphatic carbocycles. The Bertz CT molecular complexity index is 1380. The summed E-state index contributed by atoms with van der Waals surface area (Å²) in [5, 5.41) is 21.6. The number of sulfonamides is 1. The first kappa shape index (κ1) is 24.4. The molecule has 0 heterocycles. The van der Waals surface area contributed by atoms with Crippen molar-refractivity contribution in [2.24, 2.45) is 0 Å². The van der Waals surface area contributed by atoms with Gasteiger partial charge in [0, 0.05) is 24.3 Å². The summed E-state index contributed by atoms with van der Waals surface area (Å²) in [6.45, 7) is 0. The number of halogens is 4. The minimum absolute atomic E-state index is 0.236. The molecule has 0 unspecified atom stereocenters. The van der Waals surface area contributed by atoms with Crippen LogP contribution in [0.25, 0.3) is 0 Å². The van der Waals surface area contributed by atoms with E-state index in [1.165, 1.54) is 0 Å². The highest BCUT2D eigenvalue weighted by Crippen LogP contribution is 2.40. The molecule has 0 fully saturated rings. The summed E-state index contributed by atoms with van der Waals surface area (Å²) in [5.41, 5.74) is -3.47. The predicted molar refractivity (Wildman–Crippen MR) is 108 cm³/mol. The Balaban J connectivity index is 1.87. The summed E-state index contributed by atoms with van der Waals surface area (Å²) in [7, 11) is -4.44. The number of hydrogen-bond donors (Lipinski definition) is 1. The van der Waals surface area contributed by atoms with Crippen molar-refractivity contribution in [2.75, 3.05) is 4.72 Å². The monoisotopic (exact) mass is 501 g/mol. The van der Waals surface area contributed by atoms with E-state index in [1.54, 1.807) is 0 Å². The maximum Gasteiger partial charge on any atom is 0.420 e. The molecule has 0 amide bonds. The van der Waals surface area contributed by atoms with Gasteiger partial charge in [0.25, 0.3) is 21.4 Å². The van der Waals surface area contributed by atoms with Crippen LogP contribution in [0.4, 0.5) is 34.6 Å². The fourth-order valence-corrected chi connectivity index (χ4v) is 3.72. The lowest BCUT2D eigenvalue weighted by atomic mass is 10.1. The first-order valence-corrected chi connectivity index (χ1v) is 10.4. The van der Waals surface area contributed by atoms with Crippen LogP contribution in [0.1, 0.15) is 5.56 Å².